The Labute approximate surface area is 218 Å². The number of ether oxygens (including phenoxy) is 2. The zero-order chi connectivity index (χ0) is 25.1. The SMILES string of the molecule is CC(C)Oc1ccc2c(c1)nc(-c1ccc(OCC[C@H]3CCCN3C)cc1Cl)n2Cc1ccccc1. The van der Waals surface area contributed by atoms with Gasteiger partial charge in [0, 0.05) is 24.2 Å². The number of hydrogen-bond donors (Lipinski definition) is 0. The van der Waals surface area contributed by atoms with Crippen LogP contribution in [0.4, 0.5) is 0 Å². The Kier molecular flexibility index (Phi) is 7.49. The van der Waals surface area contributed by atoms with Crippen molar-refractivity contribution in [3.63, 3.8) is 0 Å². The van der Waals surface area contributed by atoms with E-state index in [1.807, 2.05) is 50.2 Å². The molecule has 1 fully saturated rings. The third-order valence-electron chi connectivity index (χ3n) is 6.85. The zero-order valence-corrected chi connectivity index (χ0v) is 22.0. The van der Waals surface area contributed by atoms with E-state index in [9.17, 15) is 0 Å². The van der Waals surface area contributed by atoms with E-state index >= 15 is 0 Å². The van der Waals surface area contributed by atoms with Gasteiger partial charge in [0.2, 0.25) is 0 Å². The molecule has 1 aliphatic rings. The highest BCUT2D eigenvalue weighted by Gasteiger charge is 2.21. The first-order valence-electron chi connectivity index (χ1n) is 12.8. The van der Waals surface area contributed by atoms with Gasteiger partial charge in [-0.15, -0.1) is 0 Å². The number of hydrogen-bond acceptors (Lipinski definition) is 4. The van der Waals surface area contributed by atoms with Crippen LogP contribution in [0.3, 0.4) is 0 Å². The molecule has 0 radical (unpaired) electrons. The summed E-state index contributed by atoms with van der Waals surface area (Å²) in [6.07, 6.45) is 3.66. The molecule has 0 aliphatic carbocycles. The van der Waals surface area contributed by atoms with Crippen LogP contribution in [-0.2, 0) is 6.54 Å². The first-order chi connectivity index (χ1) is 17.5. The van der Waals surface area contributed by atoms with Crippen LogP contribution < -0.4 is 9.47 Å². The lowest BCUT2D eigenvalue weighted by Crippen LogP contribution is -2.26. The average Bonchev–Trinajstić information content (AvgIpc) is 3.42. The molecule has 2 heterocycles. The van der Waals surface area contributed by atoms with Crippen molar-refractivity contribution in [1.29, 1.82) is 0 Å². The van der Waals surface area contributed by atoms with Gasteiger partial charge in [-0.2, -0.15) is 0 Å². The summed E-state index contributed by atoms with van der Waals surface area (Å²) in [5, 5.41) is 0.633. The van der Waals surface area contributed by atoms with Gasteiger partial charge in [-0.3, -0.25) is 0 Å². The Morgan fingerprint density at radius 3 is 2.56 bits per heavy atom. The van der Waals surface area contributed by atoms with Gasteiger partial charge in [-0.1, -0.05) is 41.9 Å². The predicted molar refractivity (Wildman–Crippen MR) is 147 cm³/mol. The Morgan fingerprint density at radius 1 is 1.03 bits per heavy atom. The normalized spacial score (nSPS) is 16.2. The standard InChI is InChI=1S/C30H34ClN3O2/c1-21(2)36-25-12-14-29-28(19-25)32-30(34(29)20-22-8-5-4-6-9-22)26-13-11-24(18-27(26)31)35-17-15-23-10-7-16-33(23)3/h4-6,8-9,11-14,18-19,21,23H,7,10,15-17,20H2,1-3H3/t23-/m1/s1. The number of likely N-dealkylation sites (tertiary alicyclic amines) is 1. The van der Waals surface area contributed by atoms with E-state index in [0.29, 0.717) is 24.2 Å². The van der Waals surface area contributed by atoms with Gasteiger partial charge in [-0.05, 0) is 82.6 Å². The van der Waals surface area contributed by atoms with E-state index in [-0.39, 0.29) is 6.10 Å². The molecule has 1 aliphatic heterocycles. The van der Waals surface area contributed by atoms with Crippen LogP contribution >= 0.6 is 11.6 Å². The largest absolute Gasteiger partial charge is 0.493 e. The summed E-state index contributed by atoms with van der Waals surface area (Å²) < 4.78 is 14.2. The van der Waals surface area contributed by atoms with E-state index in [1.165, 1.54) is 24.9 Å². The Balaban J connectivity index is 1.44. The molecule has 0 N–H and O–H groups in total. The lowest BCUT2D eigenvalue weighted by Gasteiger charge is -2.19. The van der Waals surface area contributed by atoms with Crippen molar-refractivity contribution >= 4 is 22.6 Å². The minimum atomic E-state index is 0.101. The van der Waals surface area contributed by atoms with Gasteiger partial charge in [-0.25, -0.2) is 4.98 Å². The number of imidazole rings is 1. The van der Waals surface area contributed by atoms with E-state index in [1.54, 1.807) is 0 Å². The van der Waals surface area contributed by atoms with Crippen LogP contribution in [0.25, 0.3) is 22.4 Å². The fourth-order valence-corrected chi connectivity index (χ4v) is 5.27. The van der Waals surface area contributed by atoms with E-state index in [4.69, 9.17) is 26.1 Å². The van der Waals surface area contributed by atoms with Crippen LogP contribution in [0.2, 0.25) is 5.02 Å². The maximum Gasteiger partial charge on any atom is 0.142 e. The Bertz CT molecular complexity index is 1320. The zero-order valence-electron chi connectivity index (χ0n) is 21.3. The maximum absolute atomic E-state index is 6.83. The monoisotopic (exact) mass is 503 g/mol. The molecule has 6 heteroatoms. The van der Waals surface area contributed by atoms with Gasteiger partial charge in [0.1, 0.15) is 17.3 Å². The summed E-state index contributed by atoms with van der Waals surface area (Å²) in [7, 11) is 2.20. The number of aromatic nitrogens is 2. The van der Waals surface area contributed by atoms with Gasteiger partial charge < -0.3 is 18.9 Å². The molecule has 5 rings (SSSR count). The molecule has 1 saturated heterocycles. The lowest BCUT2D eigenvalue weighted by atomic mass is 10.1. The predicted octanol–water partition coefficient (Wildman–Crippen LogP) is 7.06. The van der Waals surface area contributed by atoms with E-state index in [2.05, 4.69) is 46.8 Å². The number of halogens is 1. The van der Waals surface area contributed by atoms with Gasteiger partial charge in [0.15, 0.2) is 0 Å². The van der Waals surface area contributed by atoms with Crippen LogP contribution in [0.1, 0.15) is 38.7 Å². The minimum absolute atomic E-state index is 0.101. The van der Waals surface area contributed by atoms with Crippen LogP contribution in [0.5, 0.6) is 11.5 Å². The first-order valence-corrected chi connectivity index (χ1v) is 13.2. The summed E-state index contributed by atoms with van der Waals surface area (Å²) in [5.74, 6) is 2.44. The summed E-state index contributed by atoms with van der Waals surface area (Å²) in [6.45, 7) is 6.62. The molecule has 36 heavy (non-hydrogen) atoms. The van der Waals surface area contributed by atoms with Crippen molar-refractivity contribution in [2.75, 3.05) is 20.2 Å². The van der Waals surface area contributed by atoms with Gasteiger partial charge >= 0.3 is 0 Å². The smallest absolute Gasteiger partial charge is 0.142 e. The van der Waals surface area contributed by atoms with Crippen molar-refractivity contribution < 1.29 is 9.47 Å². The number of benzene rings is 3. The molecule has 0 spiro atoms. The van der Waals surface area contributed by atoms with Crippen molar-refractivity contribution in [3.8, 4) is 22.9 Å². The second kappa shape index (κ2) is 10.9. The third-order valence-corrected chi connectivity index (χ3v) is 7.16. The first kappa shape index (κ1) is 24.7. The fourth-order valence-electron chi connectivity index (χ4n) is 5.01. The van der Waals surface area contributed by atoms with Crippen molar-refractivity contribution in [3.05, 3.63) is 77.3 Å². The highest BCUT2D eigenvalue weighted by Crippen LogP contribution is 2.34. The number of nitrogens with zero attached hydrogens (tertiary/aromatic N) is 3. The van der Waals surface area contributed by atoms with Crippen molar-refractivity contribution in [1.82, 2.24) is 14.5 Å². The Hall–Kier alpha value is -3.02. The van der Waals surface area contributed by atoms with E-state index in [0.717, 1.165) is 40.3 Å². The number of fused-ring (bicyclic) bond motifs is 1. The number of rotatable bonds is 9. The van der Waals surface area contributed by atoms with Gasteiger partial charge in [0.05, 0.1) is 28.8 Å². The summed E-state index contributed by atoms with van der Waals surface area (Å²) in [5.41, 5.74) is 4.02. The minimum Gasteiger partial charge on any atom is -0.493 e. The molecule has 0 unspecified atom stereocenters. The van der Waals surface area contributed by atoms with Crippen LogP contribution in [-0.4, -0.2) is 46.8 Å². The summed E-state index contributed by atoms with van der Waals surface area (Å²) >= 11 is 6.83. The second-order valence-electron chi connectivity index (χ2n) is 9.88. The molecule has 0 saturated carbocycles. The second-order valence-corrected chi connectivity index (χ2v) is 10.3. The molecule has 5 nitrogen and oxygen atoms in total. The lowest BCUT2D eigenvalue weighted by molar-refractivity contribution is 0.233. The highest BCUT2D eigenvalue weighted by atomic mass is 35.5. The molecular formula is C30H34ClN3O2. The third kappa shape index (κ3) is 5.53. The Morgan fingerprint density at radius 2 is 1.83 bits per heavy atom. The summed E-state index contributed by atoms with van der Waals surface area (Å²) in [4.78, 5) is 7.44. The van der Waals surface area contributed by atoms with Gasteiger partial charge in [0.25, 0.3) is 0 Å². The highest BCUT2D eigenvalue weighted by molar-refractivity contribution is 6.33. The average molecular weight is 504 g/mol. The molecular weight excluding hydrogens is 470 g/mol. The molecule has 3 aromatic carbocycles. The molecule has 0 amide bonds. The summed E-state index contributed by atoms with van der Waals surface area (Å²) in [6, 6.07) is 23.1. The van der Waals surface area contributed by atoms with Crippen molar-refractivity contribution in [2.24, 2.45) is 0 Å². The molecule has 1 aromatic heterocycles. The van der Waals surface area contributed by atoms with E-state index < -0.39 is 0 Å². The molecule has 1 atom stereocenters. The molecule has 188 valence electrons. The fraction of sp³-hybridized carbons (Fsp3) is 0.367. The quantitative estimate of drug-likeness (QED) is 0.245. The topological polar surface area (TPSA) is 39.5 Å². The van der Waals surface area contributed by atoms with Crippen LogP contribution in [0, 0.1) is 0 Å². The maximum atomic E-state index is 6.83. The van der Waals surface area contributed by atoms with Crippen molar-refractivity contribution in [2.45, 2.75) is 51.8 Å². The van der Waals surface area contributed by atoms with Crippen LogP contribution in [0.15, 0.2) is 66.7 Å². The molecule has 4 aromatic rings. The molecule has 0 bridgehead atoms.